The lowest BCUT2D eigenvalue weighted by Gasteiger charge is -2.18. The molecule has 0 aromatic heterocycles. The van der Waals surface area contributed by atoms with E-state index in [0.717, 1.165) is 5.56 Å². The second-order valence-corrected chi connectivity index (χ2v) is 5.96. The molecule has 8 nitrogen and oxygen atoms in total. The van der Waals surface area contributed by atoms with Gasteiger partial charge in [-0.2, -0.15) is 0 Å². The van der Waals surface area contributed by atoms with Crippen LogP contribution in [-0.2, 0) is 14.3 Å². The fraction of sp³-hybridized carbons (Fsp3) is 0.200. The van der Waals surface area contributed by atoms with Crippen molar-refractivity contribution < 1.29 is 33.3 Å². The number of benzene rings is 2. The number of carbonyl (C=O) groups is 2. The summed E-state index contributed by atoms with van der Waals surface area (Å²) < 4.78 is 26.3. The summed E-state index contributed by atoms with van der Waals surface area (Å²) in [5, 5.41) is 2.64. The van der Waals surface area contributed by atoms with Gasteiger partial charge in [-0.25, -0.2) is 4.79 Å². The van der Waals surface area contributed by atoms with Crippen molar-refractivity contribution in [2.75, 3.05) is 31.9 Å². The van der Waals surface area contributed by atoms with Gasteiger partial charge >= 0.3 is 5.97 Å². The monoisotopic (exact) mass is 383 g/mol. The van der Waals surface area contributed by atoms with Crippen LogP contribution in [0.5, 0.6) is 23.0 Å². The molecule has 1 N–H and O–H groups in total. The highest BCUT2D eigenvalue weighted by Gasteiger charge is 2.14. The molecule has 0 bridgehead atoms. The number of amides is 1. The van der Waals surface area contributed by atoms with Gasteiger partial charge in [0.2, 0.25) is 6.79 Å². The number of anilines is 1. The quantitative estimate of drug-likeness (QED) is 0.626. The Morgan fingerprint density at radius 2 is 1.64 bits per heavy atom. The molecule has 0 spiro atoms. The second-order valence-electron chi connectivity index (χ2n) is 5.96. The summed E-state index contributed by atoms with van der Waals surface area (Å²) in [5.74, 6) is 1.39. The summed E-state index contributed by atoms with van der Waals surface area (Å²) in [6, 6.07) is 10.4. The standard InChI is InChI=1S/C20H17NO7/c22-19(21-14-3-5-15-18(10-14)25-8-7-24-15)11-26-20(23)6-2-13-1-4-16-17(9-13)28-12-27-16/h1-6,9-10H,7-8,11-12H2,(H,21,22)/b6-2+. The third-order valence-corrected chi connectivity index (χ3v) is 3.98. The van der Waals surface area contributed by atoms with Crippen LogP contribution < -0.4 is 24.3 Å². The Morgan fingerprint density at radius 3 is 2.54 bits per heavy atom. The average Bonchev–Trinajstić information content (AvgIpc) is 3.18. The first-order valence-corrected chi connectivity index (χ1v) is 8.61. The Labute approximate surface area is 160 Å². The van der Waals surface area contributed by atoms with Gasteiger partial charge in [-0.05, 0) is 35.9 Å². The highest BCUT2D eigenvalue weighted by molar-refractivity contribution is 5.94. The van der Waals surface area contributed by atoms with E-state index < -0.39 is 18.5 Å². The van der Waals surface area contributed by atoms with Crippen molar-refractivity contribution in [2.45, 2.75) is 0 Å². The van der Waals surface area contributed by atoms with Crippen LogP contribution in [0.1, 0.15) is 5.56 Å². The minimum atomic E-state index is -0.630. The van der Waals surface area contributed by atoms with Crippen molar-refractivity contribution in [2.24, 2.45) is 0 Å². The first-order chi connectivity index (χ1) is 13.7. The van der Waals surface area contributed by atoms with Gasteiger partial charge in [0, 0.05) is 17.8 Å². The molecule has 4 rings (SSSR count). The number of esters is 1. The fourth-order valence-corrected chi connectivity index (χ4v) is 2.68. The largest absolute Gasteiger partial charge is 0.486 e. The van der Waals surface area contributed by atoms with Crippen molar-refractivity contribution >= 4 is 23.6 Å². The number of nitrogens with one attached hydrogen (secondary N) is 1. The average molecular weight is 383 g/mol. The first kappa shape index (κ1) is 17.7. The predicted molar refractivity (Wildman–Crippen MR) is 98.6 cm³/mol. The number of rotatable bonds is 5. The van der Waals surface area contributed by atoms with E-state index in [1.807, 2.05) is 0 Å². The van der Waals surface area contributed by atoms with Crippen molar-refractivity contribution in [1.82, 2.24) is 0 Å². The molecule has 0 saturated carbocycles. The molecule has 2 aromatic rings. The molecule has 0 unspecified atom stereocenters. The molecule has 2 aliphatic rings. The Kier molecular flexibility index (Phi) is 5.01. The summed E-state index contributed by atoms with van der Waals surface area (Å²) in [5.41, 5.74) is 1.28. The van der Waals surface area contributed by atoms with Gasteiger partial charge in [-0.3, -0.25) is 4.79 Å². The highest BCUT2D eigenvalue weighted by Crippen LogP contribution is 2.33. The third kappa shape index (κ3) is 4.17. The van der Waals surface area contributed by atoms with Crippen LogP contribution in [-0.4, -0.2) is 38.5 Å². The Hall–Kier alpha value is -3.68. The predicted octanol–water partition coefficient (Wildman–Crippen LogP) is 2.38. The molecular weight excluding hydrogens is 366 g/mol. The van der Waals surface area contributed by atoms with Crippen LogP contribution in [0.15, 0.2) is 42.5 Å². The minimum Gasteiger partial charge on any atom is -0.486 e. The summed E-state index contributed by atoms with van der Waals surface area (Å²) in [7, 11) is 0. The summed E-state index contributed by atoms with van der Waals surface area (Å²) in [6.45, 7) is 0.730. The lowest BCUT2D eigenvalue weighted by molar-refractivity contribution is -0.142. The maximum atomic E-state index is 12.0. The van der Waals surface area contributed by atoms with Gasteiger partial charge in [0.15, 0.2) is 29.6 Å². The number of hydrogen-bond donors (Lipinski definition) is 1. The zero-order valence-corrected chi connectivity index (χ0v) is 14.8. The zero-order chi connectivity index (χ0) is 19.3. The van der Waals surface area contributed by atoms with Crippen LogP contribution in [0.4, 0.5) is 5.69 Å². The fourth-order valence-electron chi connectivity index (χ4n) is 2.68. The number of ether oxygens (including phenoxy) is 5. The SMILES string of the molecule is O=C(COC(=O)/C=C/c1ccc2c(c1)OCO2)Nc1ccc2c(c1)OCCO2. The van der Waals surface area contributed by atoms with Crippen LogP contribution in [0.3, 0.4) is 0 Å². The Morgan fingerprint density at radius 1 is 0.929 bits per heavy atom. The van der Waals surface area contributed by atoms with Crippen LogP contribution in [0.25, 0.3) is 6.08 Å². The van der Waals surface area contributed by atoms with Gasteiger partial charge < -0.3 is 29.0 Å². The molecule has 2 aromatic carbocycles. The van der Waals surface area contributed by atoms with E-state index in [4.69, 9.17) is 23.7 Å². The first-order valence-electron chi connectivity index (χ1n) is 8.61. The molecule has 2 heterocycles. The molecule has 144 valence electrons. The molecule has 0 atom stereocenters. The van der Waals surface area contributed by atoms with Gasteiger partial charge in [-0.1, -0.05) is 6.07 Å². The zero-order valence-electron chi connectivity index (χ0n) is 14.8. The highest BCUT2D eigenvalue weighted by atomic mass is 16.7. The van der Waals surface area contributed by atoms with E-state index in [0.29, 0.717) is 41.9 Å². The normalized spacial score (nSPS) is 14.0. The summed E-state index contributed by atoms with van der Waals surface area (Å²) in [4.78, 5) is 23.8. The lowest BCUT2D eigenvalue weighted by atomic mass is 10.2. The number of carbonyl (C=O) groups excluding carboxylic acids is 2. The third-order valence-electron chi connectivity index (χ3n) is 3.98. The van der Waals surface area contributed by atoms with E-state index in [-0.39, 0.29) is 6.79 Å². The topological polar surface area (TPSA) is 92.3 Å². The summed E-state index contributed by atoms with van der Waals surface area (Å²) >= 11 is 0. The van der Waals surface area contributed by atoms with Crippen molar-refractivity contribution in [1.29, 1.82) is 0 Å². The molecule has 0 aliphatic carbocycles. The Bertz CT molecular complexity index is 938. The second kappa shape index (κ2) is 7.91. The smallest absolute Gasteiger partial charge is 0.331 e. The Balaban J connectivity index is 1.27. The van der Waals surface area contributed by atoms with Crippen LogP contribution in [0.2, 0.25) is 0 Å². The molecule has 0 saturated heterocycles. The van der Waals surface area contributed by atoms with Gasteiger partial charge in [0.1, 0.15) is 13.2 Å². The molecular formula is C20H17NO7. The van der Waals surface area contributed by atoms with E-state index in [2.05, 4.69) is 5.32 Å². The summed E-state index contributed by atoms with van der Waals surface area (Å²) in [6.07, 6.45) is 2.82. The van der Waals surface area contributed by atoms with Crippen molar-refractivity contribution in [3.8, 4) is 23.0 Å². The van der Waals surface area contributed by atoms with E-state index in [1.165, 1.54) is 6.08 Å². The van der Waals surface area contributed by atoms with E-state index >= 15 is 0 Å². The van der Waals surface area contributed by atoms with Gasteiger partial charge in [-0.15, -0.1) is 0 Å². The maximum absolute atomic E-state index is 12.0. The van der Waals surface area contributed by atoms with Crippen LogP contribution in [0, 0.1) is 0 Å². The van der Waals surface area contributed by atoms with E-state index in [1.54, 1.807) is 42.5 Å². The number of hydrogen-bond acceptors (Lipinski definition) is 7. The molecule has 0 radical (unpaired) electrons. The van der Waals surface area contributed by atoms with Crippen molar-refractivity contribution in [3.63, 3.8) is 0 Å². The minimum absolute atomic E-state index is 0.184. The molecule has 28 heavy (non-hydrogen) atoms. The number of fused-ring (bicyclic) bond motifs is 2. The van der Waals surface area contributed by atoms with Crippen LogP contribution >= 0.6 is 0 Å². The van der Waals surface area contributed by atoms with Gasteiger partial charge in [0.05, 0.1) is 0 Å². The molecule has 1 amide bonds. The molecule has 0 fully saturated rings. The van der Waals surface area contributed by atoms with E-state index in [9.17, 15) is 9.59 Å². The van der Waals surface area contributed by atoms with Crippen molar-refractivity contribution in [3.05, 3.63) is 48.0 Å². The maximum Gasteiger partial charge on any atom is 0.331 e. The lowest BCUT2D eigenvalue weighted by Crippen LogP contribution is -2.20. The van der Waals surface area contributed by atoms with Gasteiger partial charge in [0.25, 0.3) is 5.91 Å². The molecule has 2 aliphatic heterocycles. The molecule has 8 heteroatoms.